The van der Waals surface area contributed by atoms with Crippen molar-refractivity contribution in [2.45, 2.75) is 4.90 Å². The summed E-state index contributed by atoms with van der Waals surface area (Å²) >= 11 is 7.78. The van der Waals surface area contributed by atoms with Gasteiger partial charge in [0.25, 0.3) is 0 Å². The number of hydrogen-bond acceptors (Lipinski definition) is 3. The molecule has 3 rings (SSSR count). The summed E-state index contributed by atoms with van der Waals surface area (Å²) in [4.78, 5) is 12.0. The number of carbonyl (C=O) groups is 1. The average molecular weight is 432 g/mol. The first-order valence-corrected chi connectivity index (χ1v) is 12.0. The molecule has 1 atom stereocenters. The Balaban J connectivity index is 2.09. The number of hydrogen-bond donors (Lipinski definition) is 3. The van der Waals surface area contributed by atoms with Gasteiger partial charge in [0.1, 0.15) is 0 Å². The van der Waals surface area contributed by atoms with Gasteiger partial charge in [-0.2, -0.15) is 0 Å². The van der Waals surface area contributed by atoms with Crippen molar-refractivity contribution >= 4 is 55.7 Å². The van der Waals surface area contributed by atoms with E-state index in [1.807, 2.05) is 54.6 Å². The minimum atomic E-state index is -2.07. The van der Waals surface area contributed by atoms with Gasteiger partial charge in [-0.25, -0.2) is 0 Å². The molecule has 6 heteroatoms. The summed E-state index contributed by atoms with van der Waals surface area (Å²) in [5.74, 6) is -0.925. The van der Waals surface area contributed by atoms with Crippen molar-refractivity contribution < 1.29 is 9.90 Å². The van der Waals surface area contributed by atoms with Gasteiger partial charge in [-0.3, -0.25) is 0 Å². The minimum absolute atomic E-state index is 0.278. The third-order valence-corrected chi connectivity index (χ3v) is 9.86. The molecule has 0 radical (unpaired) electrons. The summed E-state index contributed by atoms with van der Waals surface area (Å²) in [7, 11) is 0. The van der Waals surface area contributed by atoms with Crippen LogP contribution in [0.1, 0.15) is 10.4 Å². The Kier molecular flexibility index (Phi) is 5.51. The van der Waals surface area contributed by atoms with Gasteiger partial charge in [0.15, 0.2) is 0 Å². The molecule has 1 unspecified atom stereocenters. The number of carboxylic acids is 1. The van der Waals surface area contributed by atoms with Crippen LogP contribution in [0.15, 0.2) is 83.8 Å². The van der Waals surface area contributed by atoms with E-state index >= 15 is 0 Å². The van der Waals surface area contributed by atoms with Gasteiger partial charge in [-0.15, -0.1) is 0 Å². The summed E-state index contributed by atoms with van der Waals surface area (Å²) in [5.41, 5.74) is -0.826. The fourth-order valence-electron chi connectivity index (χ4n) is 2.49. The van der Waals surface area contributed by atoms with Crippen LogP contribution in [0.5, 0.6) is 0 Å². The van der Waals surface area contributed by atoms with E-state index in [4.69, 9.17) is 5.11 Å². The maximum atomic E-state index is 11.1. The van der Waals surface area contributed by atoms with Crippen LogP contribution in [-0.2, 0) is 0 Å². The predicted octanol–water partition coefficient (Wildman–Crippen LogP) is 3.75. The molecule has 0 saturated carbocycles. The summed E-state index contributed by atoms with van der Waals surface area (Å²) in [6, 6.07) is 25.0. The van der Waals surface area contributed by atoms with Crippen LogP contribution in [-0.4, -0.2) is 26.2 Å². The molecule has 3 aromatic rings. The first-order chi connectivity index (χ1) is 12.0. The first-order valence-electron chi connectivity index (χ1n) is 7.56. The molecule has 0 aromatic heterocycles. The fraction of sp³-hybridized carbons (Fsp3) is 0. The molecule has 0 bridgehead atoms. The van der Waals surface area contributed by atoms with Crippen LogP contribution < -0.4 is 15.7 Å². The quantitative estimate of drug-likeness (QED) is 0.327. The monoisotopic (exact) mass is 433 g/mol. The van der Waals surface area contributed by atoms with Gasteiger partial charge in [0, 0.05) is 0 Å². The van der Waals surface area contributed by atoms with E-state index in [0.29, 0.717) is 0 Å². The number of carboxylic acid groups (broad SMARTS) is 1. The first kappa shape index (κ1) is 18.0. The van der Waals surface area contributed by atoms with Crippen molar-refractivity contribution in [3.8, 4) is 0 Å². The third-order valence-electron chi connectivity index (χ3n) is 3.73. The Morgan fingerprint density at radius 2 is 1.56 bits per heavy atom. The van der Waals surface area contributed by atoms with Crippen LogP contribution in [0.3, 0.4) is 0 Å². The van der Waals surface area contributed by atoms with Crippen LogP contribution in [0.4, 0.5) is 5.69 Å². The molecule has 0 fully saturated rings. The summed E-state index contributed by atoms with van der Waals surface area (Å²) in [6.45, 7) is 0. The molecule has 0 aliphatic heterocycles. The Morgan fingerprint density at radius 1 is 0.920 bits per heavy atom. The molecule has 0 heterocycles. The Morgan fingerprint density at radius 3 is 2.16 bits per heavy atom. The third kappa shape index (κ3) is 4.08. The van der Waals surface area contributed by atoms with E-state index in [2.05, 4.69) is 44.9 Å². The van der Waals surface area contributed by atoms with Crippen LogP contribution >= 0.6 is 18.3 Å². The molecule has 2 N–H and O–H groups in total. The van der Waals surface area contributed by atoms with Gasteiger partial charge >= 0.3 is 160 Å². The number of nitrogens with one attached hydrogen (secondary N) is 1. The molecular weight excluding hydrogens is 416 g/mol. The summed E-state index contributed by atoms with van der Waals surface area (Å²) < 4.78 is 0. The molecule has 126 valence electrons. The second-order valence-corrected chi connectivity index (χ2v) is 11.9. The van der Waals surface area contributed by atoms with E-state index in [1.165, 1.54) is 0 Å². The van der Waals surface area contributed by atoms with Gasteiger partial charge in [0.05, 0.1) is 0 Å². The Labute approximate surface area is 159 Å². The molecule has 0 spiro atoms. The Hall–Kier alpha value is -1.77. The maximum absolute atomic E-state index is 11.1. The molecule has 0 aliphatic rings. The fourth-order valence-corrected chi connectivity index (χ4v) is 7.13. The number of aromatic carboxylic acids is 1. The molecule has 25 heavy (non-hydrogen) atoms. The van der Waals surface area contributed by atoms with E-state index in [0.717, 1.165) is 21.2 Å². The van der Waals surface area contributed by atoms with Crippen molar-refractivity contribution in [1.29, 1.82) is 0 Å². The van der Waals surface area contributed by atoms with Crippen molar-refractivity contribution in [1.82, 2.24) is 0 Å². The molecule has 0 amide bonds. The van der Waals surface area contributed by atoms with Crippen molar-refractivity contribution in [2.75, 3.05) is 5.09 Å². The van der Waals surface area contributed by atoms with Crippen molar-refractivity contribution in [3.05, 3.63) is 84.4 Å². The van der Waals surface area contributed by atoms with E-state index in [1.54, 1.807) is 12.1 Å². The van der Waals surface area contributed by atoms with Gasteiger partial charge in [-0.1, -0.05) is 0 Å². The normalized spacial score (nSPS) is 13.0. The van der Waals surface area contributed by atoms with E-state index in [-0.39, 0.29) is 5.56 Å². The van der Waals surface area contributed by atoms with Gasteiger partial charge in [0.2, 0.25) is 0 Å². The van der Waals surface area contributed by atoms with Gasteiger partial charge < -0.3 is 0 Å². The van der Waals surface area contributed by atoms with Crippen LogP contribution in [0, 0.1) is 0 Å². The topological polar surface area (TPSA) is 49.3 Å². The molecule has 3 aromatic carbocycles. The zero-order valence-electron chi connectivity index (χ0n) is 13.2. The molecule has 0 aliphatic carbocycles. The summed E-state index contributed by atoms with van der Waals surface area (Å²) in [5, 5.41) is 15.0. The van der Waals surface area contributed by atoms with Gasteiger partial charge in [-0.05, 0) is 0 Å². The molecule has 3 nitrogen and oxygen atoms in total. The summed E-state index contributed by atoms with van der Waals surface area (Å²) in [6.07, 6.45) is 0. The van der Waals surface area contributed by atoms with Crippen LogP contribution in [0.25, 0.3) is 0 Å². The Bertz CT molecular complexity index is 945. The van der Waals surface area contributed by atoms with Crippen molar-refractivity contribution in [3.63, 3.8) is 0 Å². The molecular formula is C19H16NO2PSSe. The second-order valence-electron chi connectivity index (χ2n) is 5.46. The number of anilines is 1. The van der Waals surface area contributed by atoms with E-state index in [9.17, 15) is 4.79 Å². The zero-order chi connectivity index (χ0) is 17.9. The number of benzene rings is 3. The van der Waals surface area contributed by atoms with Crippen LogP contribution in [0.2, 0.25) is 0 Å². The second kappa shape index (κ2) is 7.63. The standard InChI is InChI=1S/C19H16NO2PSSe/c21-19(22)14-9-11-17(12-10-14)23(25,16-6-2-1-3-7-16)20-15-5-4-8-18(24)13-15/h1-13,24H,(H,20,25)(H,21,22). The average Bonchev–Trinajstić information content (AvgIpc) is 2.62. The van der Waals surface area contributed by atoms with Crippen molar-refractivity contribution in [2.24, 2.45) is 0 Å². The zero-order valence-corrected chi connectivity index (χ0v) is 16.7. The number of rotatable bonds is 5. The SMILES string of the molecule is O=C(O)c1ccc(P(=[Se])(Nc2cccc(S)c2)c2ccccc2)cc1. The number of thiol groups is 1. The predicted molar refractivity (Wildman–Crippen MR) is 109 cm³/mol. The molecule has 0 saturated heterocycles. The van der Waals surface area contributed by atoms with E-state index < -0.39 is 11.6 Å².